The molecule has 0 bridgehead atoms. The number of hydrogen-bond acceptors (Lipinski definition) is 4. The van der Waals surface area contributed by atoms with E-state index in [1.807, 2.05) is 48.7 Å². The average Bonchev–Trinajstić information content (AvgIpc) is 3.07. The fraction of sp³-hybridized carbons (Fsp3) is 0.103. The van der Waals surface area contributed by atoms with E-state index in [1.165, 1.54) is 22.3 Å². The quantitative estimate of drug-likeness (QED) is 0.272. The molecule has 0 radical (unpaired) electrons. The molecule has 1 aromatic heterocycles. The van der Waals surface area contributed by atoms with Gasteiger partial charge in [0.1, 0.15) is 0 Å². The lowest BCUT2D eigenvalue weighted by Crippen LogP contribution is -2.15. The van der Waals surface area contributed by atoms with Crippen LogP contribution in [0.25, 0.3) is 33.4 Å². The molecule has 2 aliphatic rings. The molecule has 5 aromatic rings. The third kappa shape index (κ3) is 2.58. The molecule has 0 N–H and O–H groups in total. The van der Waals surface area contributed by atoms with Crippen molar-refractivity contribution in [3.63, 3.8) is 0 Å². The zero-order valence-corrected chi connectivity index (χ0v) is 18.3. The number of para-hydroxylation sites is 2. The summed E-state index contributed by atoms with van der Waals surface area (Å²) in [5.41, 5.74) is 6.64. The Morgan fingerprint density at radius 3 is 2.39 bits per heavy atom. The van der Waals surface area contributed by atoms with E-state index in [0.717, 1.165) is 22.2 Å². The van der Waals surface area contributed by atoms with E-state index >= 15 is 0 Å². The zero-order valence-electron chi connectivity index (χ0n) is 18.3. The van der Waals surface area contributed by atoms with Gasteiger partial charge in [-0.25, -0.2) is 9.97 Å². The molecule has 0 spiro atoms. The molecule has 0 atom stereocenters. The molecule has 0 saturated heterocycles. The van der Waals surface area contributed by atoms with Crippen LogP contribution in [-0.2, 0) is 5.41 Å². The lowest BCUT2D eigenvalue weighted by Gasteiger charge is -2.26. The number of rotatable bonds is 1. The Hall–Kier alpha value is -4.18. The first-order chi connectivity index (χ1) is 16.1. The van der Waals surface area contributed by atoms with Crippen LogP contribution in [0.4, 0.5) is 0 Å². The summed E-state index contributed by atoms with van der Waals surface area (Å²) in [6, 6.07) is 26.6. The second kappa shape index (κ2) is 6.42. The molecule has 7 rings (SSSR count). The van der Waals surface area contributed by atoms with Crippen molar-refractivity contribution in [2.45, 2.75) is 19.3 Å². The van der Waals surface area contributed by atoms with Crippen LogP contribution in [0, 0.1) is 0 Å². The Morgan fingerprint density at radius 1 is 0.667 bits per heavy atom. The van der Waals surface area contributed by atoms with Gasteiger partial charge in [-0.2, -0.15) is 0 Å². The van der Waals surface area contributed by atoms with Gasteiger partial charge in [-0.05, 0) is 52.6 Å². The molecule has 0 amide bonds. The van der Waals surface area contributed by atoms with Gasteiger partial charge in [0, 0.05) is 17.0 Å². The third-order valence-corrected chi connectivity index (χ3v) is 6.79. The van der Waals surface area contributed by atoms with Crippen molar-refractivity contribution in [3.8, 4) is 45.5 Å². The molecule has 1 aliphatic carbocycles. The highest BCUT2D eigenvalue weighted by molar-refractivity contribution is 5.84. The molecular formula is C29H20N2O2. The van der Waals surface area contributed by atoms with E-state index in [1.54, 1.807) is 0 Å². The Labute approximate surface area is 191 Å². The topological polar surface area (TPSA) is 44.2 Å². The second-order valence-electron chi connectivity index (χ2n) is 9.10. The van der Waals surface area contributed by atoms with E-state index in [2.05, 4.69) is 55.2 Å². The number of aromatic nitrogens is 2. The molecule has 0 fully saturated rings. The van der Waals surface area contributed by atoms with Crippen LogP contribution in [0.15, 0.2) is 85.1 Å². The van der Waals surface area contributed by atoms with Crippen LogP contribution in [0.2, 0.25) is 0 Å². The maximum Gasteiger partial charge on any atom is 0.181 e. The van der Waals surface area contributed by atoms with Crippen molar-refractivity contribution >= 4 is 10.9 Å². The number of nitrogens with zero attached hydrogens (tertiary/aromatic N) is 2. The molecule has 1 aliphatic heterocycles. The van der Waals surface area contributed by atoms with Gasteiger partial charge in [-0.1, -0.05) is 62.4 Å². The summed E-state index contributed by atoms with van der Waals surface area (Å²) >= 11 is 0. The van der Waals surface area contributed by atoms with Gasteiger partial charge >= 0.3 is 0 Å². The monoisotopic (exact) mass is 428 g/mol. The maximum atomic E-state index is 6.48. The van der Waals surface area contributed by atoms with Crippen LogP contribution < -0.4 is 9.47 Å². The molecule has 0 saturated carbocycles. The summed E-state index contributed by atoms with van der Waals surface area (Å²) in [5, 5.41) is 1.01. The van der Waals surface area contributed by atoms with Crippen LogP contribution in [0.1, 0.15) is 25.0 Å². The summed E-state index contributed by atoms with van der Waals surface area (Å²) in [6.07, 6.45) is 1.85. The first-order valence-electron chi connectivity index (χ1n) is 11.1. The number of fused-ring (bicyclic) bond motifs is 6. The first kappa shape index (κ1) is 18.4. The lowest BCUT2D eigenvalue weighted by atomic mass is 9.82. The Morgan fingerprint density at radius 2 is 1.45 bits per heavy atom. The molecule has 0 unspecified atom stereocenters. The predicted octanol–water partition coefficient (Wildman–Crippen LogP) is 7.50. The van der Waals surface area contributed by atoms with Crippen molar-refractivity contribution in [1.29, 1.82) is 0 Å². The predicted molar refractivity (Wildman–Crippen MR) is 129 cm³/mol. The second-order valence-corrected chi connectivity index (χ2v) is 9.10. The number of ether oxygens (including phenoxy) is 2. The SMILES string of the molecule is CC1(C)c2ccccc2-c2cc3c(cc21)Oc1cccc(-c2ncc4ccccc4n2)c1O3. The van der Waals surface area contributed by atoms with Gasteiger partial charge < -0.3 is 9.47 Å². The van der Waals surface area contributed by atoms with Crippen LogP contribution in [0.3, 0.4) is 0 Å². The summed E-state index contributed by atoms with van der Waals surface area (Å²) in [6.45, 7) is 4.52. The van der Waals surface area contributed by atoms with Crippen molar-refractivity contribution in [1.82, 2.24) is 9.97 Å². The van der Waals surface area contributed by atoms with E-state index in [4.69, 9.17) is 14.5 Å². The molecule has 158 valence electrons. The van der Waals surface area contributed by atoms with Gasteiger partial charge in [0.05, 0.1) is 11.1 Å². The maximum absolute atomic E-state index is 6.48. The zero-order chi connectivity index (χ0) is 22.2. The minimum Gasteiger partial charge on any atom is -0.449 e. The van der Waals surface area contributed by atoms with Gasteiger partial charge in [0.2, 0.25) is 0 Å². The fourth-order valence-electron chi connectivity index (χ4n) is 5.08. The van der Waals surface area contributed by atoms with Crippen molar-refractivity contribution < 1.29 is 9.47 Å². The summed E-state index contributed by atoms with van der Waals surface area (Å²) in [5.74, 6) is 3.38. The number of hydrogen-bond donors (Lipinski definition) is 0. The summed E-state index contributed by atoms with van der Waals surface area (Å²) < 4.78 is 12.8. The lowest BCUT2D eigenvalue weighted by molar-refractivity contribution is 0.360. The smallest absolute Gasteiger partial charge is 0.181 e. The first-order valence-corrected chi connectivity index (χ1v) is 11.1. The van der Waals surface area contributed by atoms with Gasteiger partial charge in [-0.3, -0.25) is 0 Å². The molecule has 33 heavy (non-hydrogen) atoms. The molecular weight excluding hydrogens is 408 g/mol. The number of benzene rings is 4. The standard InChI is InChI=1S/C29H20N2O2/c1-29(2)21-11-5-4-9-18(21)20-14-25-26(15-22(20)29)32-24-13-7-10-19(27(24)33-25)28-30-16-17-8-3-6-12-23(17)31-28/h3-16H,1-2H3. The van der Waals surface area contributed by atoms with E-state index < -0.39 is 0 Å². The van der Waals surface area contributed by atoms with E-state index in [0.29, 0.717) is 23.1 Å². The Kier molecular flexibility index (Phi) is 3.58. The highest BCUT2D eigenvalue weighted by Gasteiger charge is 2.37. The third-order valence-electron chi connectivity index (χ3n) is 6.79. The highest BCUT2D eigenvalue weighted by Crippen LogP contribution is 2.56. The van der Waals surface area contributed by atoms with Crippen LogP contribution in [0.5, 0.6) is 23.0 Å². The van der Waals surface area contributed by atoms with E-state index in [9.17, 15) is 0 Å². The van der Waals surface area contributed by atoms with Gasteiger partial charge in [-0.15, -0.1) is 0 Å². The Bertz CT molecular complexity index is 1600. The largest absolute Gasteiger partial charge is 0.449 e. The minimum absolute atomic E-state index is 0.0919. The van der Waals surface area contributed by atoms with Gasteiger partial charge in [0.25, 0.3) is 0 Å². The van der Waals surface area contributed by atoms with Crippen molar-refractivity contribution in [2.75, 3.05) is 0 Å². The van der Waals surface area contributed by atoms with Crippen LogP contribution >= 0.6 is 0 Å². The van der Waals surface area contributed by atoms with Gasteiger partial charge in [0.15, 0.2) is 28.8 Å². The summed E-state index contributed by atoms with van der Waals surface area (Å²) in [4.78, 5) is 9.37. The normalized spacial score (nSPS) is 14.5. The summed E-state index contributed by atoms with van der Waals surface area (Å²) in [7, 11) is 0. The molecule has 2 heterocycles. The van der Waals surface area contributed by atoms with Crippen molar-refractivity contribution in [3.05, 3.63) is 96.2 Å². The molecule has 4 aromatic carbocycles. The average molecular weight is 428 g/mol. The van der Waals surface area contributed by atoms with E-state index in [-0.39, 0.29) is 5.41 Å². The Balaban J connectivity index is 1.37. The fourth-order valence-corrected chi connectivity index (χ4v) is 5.08. The highest BCUT2D eigenvalue weighted by atomic mass is 16.6. The molecule has 4 heteroatoms. The van der Waals surface area contributed by atoms with Crippen LogP contribution in [-0.4, -0.2) is 9.97 Å². The minimum atomic E-state index is -0.0919. The molecule has 4 nitrogen and oxygen atoms in total. The van der Waals surface area contributed by atoms with Crippen molar-refractivity contribution in [2.24, 2.45) is 0 Å².